The highest BCUT2D eigenvalue weighted by Crippen LogP contribution is 2.27. The summed E-state index contributed by atoms with van der Waals surface area (Å²) in [6, 6.07) is 11.6. The Balaban J connectivity index is 1.94. The number of nitro groups is 1. The van der Waals surface area contributed by atoms with Crippen LogP contribution in [0.1, 0.15) is 18.1 Å². The number of hydrogen-bond acceptors (Lipinski definition) is 4. The zero-order chi connectivity index (χ0) is 19.1. The zero-order valence-electron chi connectivity index (χ0n) is 14.7. The fourth-order valence-electron chi connectivity index (χ4n) is 2.35. The van der Waals surface area contributed by atoms with Gasteiger partial charge in [-0.15, -0.1) is 0 Å². The molecule has 0 radical (unpaired) electrons. The maximum Gasteiger partial charge on any atom is 0.319 e. The molecule has 2 rings (SSSR count). The Morgan fingerprint density at radius 1 is 1.23 bits per heavy atom. The van der Waals surface area contributed by atoms with Crippen molar-refractivity contribution >= 4 is 29.0 Å². The van der Waals surface area contributed by atoms with Crippen LogP contribution in [0.15, 0.2) is 42.5 Å². The normalized spacial score (nSPS) is 10.6. The summed E-state index contributed by atoms with van der Waals surface area (Å²) in [6.07, 6.45) is 0. The number of urea groups is 1. The van der Waals surface area contributed by atoms with Crippen molar-refractivity contribution in [2.75, 3.05) is 18.9 Å². The number of halogens is 1. The number of nitrogens with one attached hydrogen (secondary N) is 2. The first-order valence-corrected chi connectivity index (χ1v) is 8.52. The third-order valence-electron chi connectivity index (χ3n) is 3.84. The van der Waals surface area contributed by atoms with Gasteiger partial charge in [-0.05, 0) is 36.9 Å². The summed E-state index contributed by atoms with van der Waals surface area (Å²) < 4.78 is 0. The number of amides is 2. The van der Waals surface area contributed by atoms with Crippen molar-refractivity contribution in [1.29, 1.82) is 0 Å². The SMILES string of the molecule is CCN(C)Cc1cccc(CNC(=O)Nc2ccc(Cl)c([N+](=O)[O-])c2)c1. The van der Waals surface area contributed by atoms with Gasteiger partial charge in [-0.25, -0.2) is 4.79 Å². The van der Waals surface area contributed by atoms with E-state index in [1.165, 1.54) is 23.8 Å². The molecule has 0 atom stereocenters. The molecule has 0 spiro atoms. The number of carbonyl (C=O) groups excluding carboxylic acids is 1. The lowest BCUT2D eigenvalue weighted by atomic mass is 10.1. The topological polar surface area (TPSA) is 87.5 Å². The van der Waals surface area contributed by atoms with Crippen LogP contribution in [0.2, 0.25) is 5.02 Å². The lowest BCUT2D eigenvalue weighted by Gasteiger charge is -2.14. The third-order valence-corrected chi connectivity index (χ3v) is 4.16. The van der Waals surface area contributed by atoms with Gasteiger partial charge in [0.1, 0.15) is 5.02 Å². The Bertz CT molecular complexity index is 798. The van der Waals surface area contributed by atoms with Crippen LogP contribution in [0, 0.1) is 10.1 Å². The van der Waals surface area contributed by atoms with Gasteiger partial charge < -0.3 is 15.5 Å². The van der Waals surface area contributed by atoms with Gasteiger partial charge in [0.15, 0.2) is 0 Å². The first-order valence-electron chi connectivity index (χ1n) is 8.14. The highest BCUT2D eigenvalue weighted by molar-refractivity contribution is 6.32. The van der Waals surface area contributed by atoms with Crippen LogP contribution in [0.4, 0.5) is 16.2 Å². The Morgan fingerprint density at radius 3 is 2.65 bits per heavy atom. The molecule has 0 bridgehead atoms. The number of hydrogen-bond donors (Lipinski definition) is 2. The second-order valence-corrected chi connectivity index (χ2v) is 6.29. The van der Waals surface area contributed by atoms with E-state index in [2.05, 4.69) is 22.5 Å². The fourth-order valence-corrected chi connectivity index (χ4v) is 2.54. The Kier molecular flexibility index (Phi) is 6.94. The van der Waals surface area contributed by atoms with Crippen molar-refractivity contribution < 1.29 is 9.72 Å². The van der Waals surface area contributed by atoms with Gasteiger partial charge in [-0.1, -0.05) is 42.8 Å². The molecule has 2 aromatic rings. The number of carbonyl (C=O) groups is 1. The first-order chi connectivity index (χ1) is 12.4. The minimum atomic E-state index is -0.593. The van der Waals surface area contributed by atoms with Crippen molar-refractivity contribution in [2.45, 2.75) is 20.0 Å². The molecule has 0 aliphatic rings. The molecule has 0 unspecified atom stereocenters. The number of nitro benzene ring substituents is 1. The second kappa shape index (κ2) is 9.17. The summed E-state index contributed by atoms with van der Waals surface area (Å²) in [5.74, 6) is 0. The molecule has 138 valence electrons. The molecule has 2 amide bonds. The van der Waals surface area contributed by atoms with E-state index in [1.807, 2.05) is 31.3 Å². The predicted octanol–water partition coefficient (Wildman–Crippen LogP) is 4.02. The predicted molar refractivity (Wildman–Crippen MR) is 102 cm³/mol. The molecule has 0 fully saturated rings. The molecule has 0 aromatic heterocycles. The average molecular weight is 377 g/mol. The summed E-state index contributed by atoms with van der Waals surface area (Å²) in [5, 5.41) is 16.2. The Hall–Kier alpha value is -2.64. The fraction of sp³-hybridized carbons (Fsp3) is 0.278. The van der Waals surface area contributed by atoms with Gasteiger partial charge >= 0.3 is 6.03 Å². The Morgan fingerprint density at radius 2 is 1.96 bits per heavy atom. The molecule has 0 saturated heterocycles. The van der Waals surface area contributed by atoms with Crippen molar-refractivity contribution in [1.82, 2.24) is 10.2 Å². The molecule has 7 nitrogen and oxygen atoms in total. The van der Waals surface area contributed by atoms with Crippen LogP contribution in [-0.4, -0.2) is 29.4 Å². The minimum absolute atomic E-state index is 0.0230. The van der Waals surface area contributed by atoms with Gasteiger partial charge in [0.25, 0.3) is 5.69 Å². The zero-order valence-corrected chi connectivity index (χ0v) is 15.4. The largest absolute Gasteiger partial charge is 0.334 e. The molecule has 2 aromatic carbocycles. The molecular weight excluding hydrogens is 356 g/mol. The Labute approximate surface area is 157 Å². The van der Waals surface area contributed by atoms with E-state index in [1.54, 1.807) is 0 Å². The number of nitrogens with zero attached hydrogens (tertiary/aromatic N) is 2. The number of anilines is 1. The van der Waals surface area contributed by atoms with E-state index in [-0.39, 0.29) is 10.7 Å². The van der Waals surface area contributed by atoms with Crippen LogP contribution >= 0.6 is 11.6 Å². The first kappa shape index (κ1) is 19.7. The highest BCUT2D eigenvalue weighted by Gasteiger charge is 2.13. The lowest BCUT2D eigenvalue weighted by molar-refractivity contribution is -0.384. The standard InChI is InChI=1S/C18H21ClN4O3/c1-3-22(2)12-14-6-4-5-13(9-14)11-20-18(24)21-15-7-8-16(19)17(10-15)23(25)26/h4-10H,3,11-12H2,1-2H3,(H2,20,21,24). The van der Waals surface area contributed by atoms with E-state index >= 15 is 0 Å². The monoisotopic (exact) mass is 376 g/mol. The number of rotatable bonds is 7. The van der Waals surface area contributed by atoms with Gasteiger partial charge in [0.05, 0.1) is 4.92 Å². The van der Waals surface area contributed by atoms with E-state index in [4.69, 9.17) is 11.6 Å². The van der Waals surface area contributed by atoms with Crippen molar-refractivity contribution in [3.63, 3.8) is 0 Å². The average Bonchev–Trinajstić information content (AvgIpc) is 2.61. The van der Waals surface area contributed by atoms with E-state index in [0.717, 1.165) is 18.7 Å². The molecule has 2 N–H and O–H groups in total. The van der Waals surface area contributed by atoms with Crippen LogP contribution in [0.3, 0.4) is 0 Å². The summed E-state index contributed by atoms with van der Waals surface area (Å²) in [7, 11) is 2.05. The number of benzene rings is 2. The molecule has 26 heavy (non-hydrogen) atoms. The van der Waals surface area contributed by atoms with Crippen LogP contribution < -0.4 is 10.6 Å². The van der Waals surface area contributed by atoms with Crippen molar-refractivity contribution in [3.8, 4) is 0 Å². The van der Waals surface area contributed by atoms with E-state index in [0.29, 0.717) is 12.2 Å². The quantitative estimate of drug-likeness (QED) is 0.564. The molecule has 8 heteroatoms. The van der Waals surface area contributed by atoms with Gasteiger partial charge in [0.2, 0.25) is 0 Å². The van der Waals surface area contributed by atoms with Gasteiger partial charge in [-0.3, -0.25) is 10.1 Å². The smallest absolute Gasteiger partial charge is 0.319 e. The van der Waals surface area contributed by atoms with Gasteiger partial charge in [0, 0.05) is 24.8 Å². The summed E-state index contributed by atoms with van der Waals surface area (Å²) in [4.78, 5) is 24.5. The summed E-state index contributed by atoms with van der Waals surface area (Å²) in [6.45, 7) is 4.24. The maximum atomic E-state index is 12.0. The molecule has 0 heterocycles. The third kappa shape index (κ3) is 5.72. The minimum Gasteiger partial charge on any atom is -0.334 e. The van der Waals surface area contributed by atoms with Crippen LogP contribution in [0.5, 0.6) is 0 Å². The second-order valence-electron chi connectivity index (χ2n) is 5.88. The van der Waals surface area contributed by atoms with E-state index < -0.39 is 11.0 Å². The summed E-state index contributed by atoms with van der Waals surface area (Å²) in [5.41, 5.74) is 2.20. The molecular formula is C18H21ClN4O3. The van der Waals surface area contributed by atoms with Crippen LogP contribution in [-0.2, 0) is 13.1 Å². The molecule has 0 aliphatic carbocycles. The van der Waals surface area contributed by atoms with Gasteiger partial charge in [-0.2, -0.15) is 0 Å². The van der Waals surface area contributed by atoms with Crippen LogP contribution in [0.25, 0.3) is 0 Å². The molecule has 0 saturated carbocycles. The summed E-state index contributed by atoms with van der Waals surface area (Å²) >= 11 is 5.76. The van der Waals surface area contributed by atoms with Crippen molar-refractivity contribution in [3.05, 3.63) is 68.7 Å². The molecule has 0 aliphatic heterocycles. The maximum absolute atomic E-state index is 12.0. The lowest BCUT2D eigenvalue weighted by Crippen LogP contribution is -2.28. The van der Waals surface area contributed by atoms with Crippen molar-refractivity contribution in [2.24, 2.45) is 0 Å². The highest BCUT2D eigenvalue weighted by atomic mass is 35.5. The van der Waals surface area contributed by atoms with E-state index in [9.17, 15) is 14.9 Å².